The molecular formula is C14H25N3O. The minimum Gasteiger partial charge on any atom is -0.377 e. The molecule has 4 nitrogen and oxygen atoms in total. The molecule has 2 aliphatic rings. The van der Waals surface area contributed by atoms with Gasteiger partial charge in [-0.1, -0.05) is 13.3 Å². The van der Waals surface area contributed by atoms with Gasteiger partial charge >= 0.3 is 0 Å². The van der Waals surface area contributed by atoms with E-state index in [1.165, 1.54) is 12.8 Å². The van der Waals surface area contributed by atoms with Gasteiger partial charge in [-0.2, -0.15) is 5.26 Å². The van der Waals surface area contributed by atoms with Gasteiger partial charge in [-0.15, -0.1) is 0 Å². The van der Waals surface area contributed by atoms with Crippen LogP contribution in [0.1, 0.15) is 32.6 Å². The molecule has 2 fully saturated rings. The second kappa shape index (κ2) is 7.08. The van der Waals surface area contributed by atoms with Gasteiger partial charge in [0, 0.05) is 39.3 Å². The minimum atomic E-state index is 0.125. The van der Waals surface area contributed by atoms with Crippen LogP contribution in [0.2, 0.25) is 0 Å². The molecule has 0 aromatic rings. The zero-order valence-corrected chi connectivity index (χ0v) is 11.5. The summed E-state index contributed by atoms with van der Waals surface area (Å²) < 4.78 is 5.68. The minimum absolute atomic E-state index is 0.125. The predicted octanol–water partition coefficient (Wildman–Crippen LogP) is 1.48. The predicted molar refractivity (Wildman–Crippen MR) is 71.3 cm³/mol. The summed E-state index contributed by atoms with van der Waals surface area (Å²) >= 11 is 0. The summed E-state index contributed by atoms with van der Waals surface area (Å²) in [6.45, 7) is 8.41. The molecule has 2 rings (SSSR count). The SMILES string of the molecule is CCCC(C#N)N1CCN(CC2CCCO2)CC1. The smallest absolute Gasteiger partial charge is 0.0978 e. The molecule has 18 heavy (non-hydrogen) atoms. The number of nitriles is 1. The molecule has 0 aromatic carbocycles. The second-order valence-corrected chi connectivity index (χ2v) is 5.41. The van der Waals surface area contributed by atoms with Crippen LogP contribution in [0.25, 0.3) is 0 Å². The monoisotopic (exact) mass is 251 g/mol. The van der Waals surface area contributed by atoms with E-state index in [1.807, 2.05) is 0 Å². The number of ether oxygens (including phenoxy) is 1. The lowest BCUT2D eigenvalue weighted by Crippen LogP contribution is -2.51. The van der Waals surface area contributed by atoms with Crippen LogP contribution in [0.4, 0.5) is 0 Å². The first-order chi connectivity index (χ1) is 8.83. The fraction of sp³-hybridized carbons (Fsp3) is 0.929. The van der Waals surface area contributed by atoms with Crippen molar-refractivity contribution in [2.75, 3.05) is 39.3 Å². The van der Waals surface area contributed by atoms with Gasteiger partial charge in [0.25, 0.3) is 0 Å². The molecule has 2 unspecified atom stereocenters. The molecule has 0 aliphatic carbocycles. The Morgan fingerprint density at radius 1 is 1.33 bits per heavy atom. The Balaban J connectivity index is 1.71. The Morgan fingerprint density at radius 2 is 2.11 bits per heavy atom. The van der Waals surface area contributed by atoms with Crippen LogP contribution in [0, 0.1) is 11.3 Å². The molecule has 2 saturated heterocycles. The van der Waals surface area contributed by atoms with Crippen LogP contribution in [0.5, 0.6) is 0 Å². The highest BCUT2D eigenvalue weighted by Crippen LogP contribution is 2.16. The summed E-state index contributed by atoms with van der Waals surface area (Å²) in [4.78, 5) is 4.84. The van der Waals surface area contributed by atoms with E-state index in [9.17, 15) is 5.26 Å². The van der Waals surface area contributed by atoms with Gasteiger partial charge in [-0.3, -0.25) is 9.80 Å². The Hall–Kier alpha value is -0.630. The first-order valence-corrected chi connectivity index (χ1v) is 7.31. The summed E-state index contributed by atoms with van der Waals surface area (Å²) in [5.41, 5.74) is 0. The first kappa shape index (κ1) is 13.8. The summed E-state index contributed by atoms with van der Waals surface area (Å²) in [5.74, 6) is 0. The van der Waals surface area contributed by atoms with Crippen LogP contribution in [-0.2, 0) is 4.74 Å². The molecule has 4 heteroatoms. The fourth-order valence-corrected chi connectivity index (χ4v) is 2.94. The van der Waals surface area contributed by atoms with Crippen molar-refractivity contribution < 1.29 is 4.74 Å². The van der Waals surface area contributed by atoms with Gasteiger partial charge in [0.05, 0.1) is 18.2 Å². The summed E-state index contributed by atoms with van der Waals surface area (Å²) in [5, 5.41) is 9.18. The van der Waals surface area contributed by atoms with Gasteiger partial charge in [0.2, 0.25) is 0 Å². The number of hydrogen-bond donors (Lipinski definition) is 0. The van der Waals surface area contributed by atoms with Crippen molar-refractivity contribution >= 4 is 0 Å². The van der Waals surface area contributed by atoms with E-state index in [0.717, 1.165) is 52.2 Å². The third-order valence-corrected chi connectivity index (χ3v) is 4.04. The normalized spacial score (nSPS) is 28.1. The van der Waals surface area contributed by atoms with Crippen molar-refractivity contribution in [3.63, 3.8) is 0 Å². The van der Waals surface area contributed by atoms with Crippen molar-refractivity contribution in [3.05, 3.63) is 0 Å². The zero-order chi connectivity index (χ0) is 12.8. The van der Waals surface area contributed by atoms with Gasteiger partial charge < -0.3 is 4.74 Å². The van der Waals surface area contributed by atoms with E-state index in [1.54, 1.807) is 0 Å². The molecule has 2 atom stereocenters. The number of hydrogen-bond acceptors (Lipinski definition) is 4. The van der Waals surface area contributed by atoms with Crippen molar-refractivity contribution in [3.8, 4) is 6.07 Å². The number of piperazine rings is 1. The van der Waals surface area contributed by atoms with Crippen molar-refractivity contribution in [1.29, 1.82) is 5.26 Å². The Bertz CT molecular complexity index is 275. The molecule has 0 aromatic heterocycles. The maximum Gasteiger partial charge on any atom is 0.0978 e. The van der Waals surface area contributed by atoms with Gasteiger partial charge in [-0.05, 0) is 19.3 Å². The van der Waals surface area contributed by atoms with Crippen LogP contribution < -0.4 is 0 Å². The van der Waals surface area contributed by atoms with Crippen LogP contribution in [0.3, 0.4) is 0 Å². The lowest BCUT2D eigenvalue weighted by Gasteiger charge is -2.37. The van der Waals surface area contributed by atoms with E-state index in [0.29, 0.717) is 6.10 Å². The number of nitrogens with zero attached hydrogens (tertiary/aromatic N) is 3. The maximum atomic E-state index is 9.18. The Labute approximate surface area is 110 Å². The van der Waals surface area contributed by atoms with Gasteiger partial charge in [0.1, 0.15) is 0 Å². The standard InChI is InChI=1S/C14H25N3O/c1-2-4-13(11-15)17-8-6-16(7-9-17)12-14-5-3-10-18-14/h13-14H,2-10,12H2,1H3. The highest BCUT2D eigenvalue weighted by Gasteiger charge is 2.25. The highest BCUT2D eigenvalue weighted by molar-refractivity contribution is 4.93. The summed E-state index contributed by atoms with van der Waals surface area (Å²) in [6, 6.07) is 2.57. The summed E-state index contributed by atoms with van der Waals surface area (Å²) in [7, 11) is 0. The maximum absolute atomic E-state index is 9.18. The first-order valence-electron chi connectivity index (χ1n) is 7.31. The van der Waals surface area contributed by atoms with E-state index >= 15 is 0 Å². The third kappa shape index (κ3) is 3.68. The molecule has 2 heterocycles. The van der Waals surface area contributed by atoms with Crippen molar-refractivity contribution in [2.24, 2.45) is 0 Å². The topological polar surface area (TPSA) is 39.5 Å². The molecule has 0 amide bonds. The molecule has 2 aliphatic heterocycles. The molecule has 0 bridgehead atoms. The fourth-order valence-electron chi connectivity index (χ4n) is 2.94. The van der Waals surface area contributed by atoms with Crippen molar-refractivity contribution in [2.45, 2.75) is 44.8 Å². The molecule has 0 N–H and O–H groups in total. The van der Waals surface area contributed by atoms with E-state index < -0.39 is 0 Å². The largest absolute Gasteiger partial charge is 0.377 e. The lowest BCUT2D eigenvalue weighted by molar-refractivity contribution is 0.0448. The average Bonchev–Trinajstić information content (AvgIpc) is 2.90. The molecule has 0 spiro atoms. The zero-order valence-electron chi connectivity index (χ0n) is 11.5. The molecule has 0 saturated carbocycles. The van der Waals surface area contributed by atoms with Gasteiger partial charge in [-0.25, -0.2) is 0 Å². The van der Waals surface area contributed by atoms with Crippen LogP contribution in [0.15, 0.2) is 0 Å². The van der Waals surface area contributed by atoms with Crippen molar-refractivity contribution in [1.82, 2.24) is 9.80 Å². The van der Waals surface area contributed by atoms with Crippen LogP contribution in [-0.4, -0.2) is 61.3 Å². The third-order valence-electron chi connectivity index (χ3n) is 4.04. The second-order valence-electron chi connectivity index (χ2n) is 5.41. The Morgan fingerprint density at radius 3 is 2.67 bits per heavy atom. The molecule has 102 valence electrons. The highest BCUT2D eigenvalue weighted by atomic mass is 16.5. The summed E-state index contributed by atoms with van der Waals surface area (Å²) in [6.07, 6.45) is 4.99. The quantitative estimate of drug-likeness (QED) is 0.742. The lowest BCUT2D eigenvalue weighted by atomic mass is 10.1. The van der Waals surface area contributed by atoms with E-state index in [2.05, 4.69) is 22.8 Å². The Kier molecular flexibility index (Phi) is 5.43. The van der Waals surface area contributed by atoms with Gasteiger partial charge in [0.15, 0.2) is 0 Å². The van der Waals surface area contributed by atoms with E-state index in [4.69, 9.17) is 4.74 Å². The molecular weight excluding hydrogens is 226 g/mol. The molecule has 0 radical (unpaired) electrons. The van der Waals surface area contributed by atoms with E-state index in [-0.39, 0.29) is 6.04 Å². The average molecular weight is 251 g/mol. The van der Waals surface area contributed by atoms with Crippen LogP contribution >= 0.6 is 0 Å². The number of rotatable bonds is 5.